The molecule has 0 aromatic carbocycles. The second-order valence-corrected chi connectivity index (χ2v) is 3.93. The minimum Gasteiger partial charge on any atom is -0.382 e. The molecule has 7 nitrogen and oxygen atoms in total. The van der Waals surface area contributed by atoms with Gasteiger partial charge in [-0.1, -0.05) is 11.6 Å². The van der Waals surface area contributed by atoms with Crippen molar-refractivity contribution in [2.24, 2.45) is 7.05 Å². The maximum atomic E-state index is 10.1. The highest BCUT2D eigenvalue weighted by atomic mass is 35.5. The molecule has 2 aromatic rings. The Bertz CT molecular complexity index is 554. The molecule has 0 saturated carbocycles. The smallest absolute Gasteiger partial charge is 0.247 e. The number of nitrogens with two attached hydrogens (primary N) is 2. The normalized spacial score (nSPS) is 12.6. The molecule has 0 fully saturated rings. The average Bonchev–Trinajstić information content (AvgIpc) is 2.69. The Labute approximate surface area is 102 Å². The number of nitrogens with zero attached hydrogens (tertiary/aromatic N) is 4. The fourth-order valence-electron chi connectivity index (χ4n) is 1.40. The van der Waals surface area contributed by atoms with Crippen molar-refractivity contribution in [2.45, 2.75) is 6.23 Å². The van der Waals surface area contributed by atoms with E-state index in [2.05, 4.69) is 9.97 Å². The maximum Gasteiger partial charge on any atom is 0.247 e. The molecule has 0 bridgehead atoms. The van der Waals surface area contributed by atoms with Gasteiger partial charge in [-0.3, -0.25) is 0 Å². The number of halogens is 1. The van der Waals surface area contributed by atoms with Crippen molar-refractivity contribution in [3.63, 3.8) is 0 Å². The van der Waals surface area contributed by atoms with Gasteiger partial charge >= 0.3 is 0 Å². The van der Waals surface area contributed by atoms with Gasteiger partial charge in [0.25, 0.3) is 0 Å². The third-order valence-corrected chi connectivity index (χ3v) is 2.53. The molecule has 1 atom stereocenters. The summed E-state index contributed by atoms with van der Waals surface area (Å²) in [4.78, 5) is 7.74. The molecular weight excluding hydrogens is 244 g/mol. The maximum absolute atomic E-state index is 10.1. The molecule has 5 N–H and O–H groups in total. The Kier molecular flexibility index (Phi) is 2.86. The van der Waals surface area contributed by atoms with Crippen LogP contribution in [0.2, 0.25) is 5.15 Å². The van der Waals surface area contributed by atoms with Crippen LogP contribution in [0.3, 0.4) is 0 Å². The number of anilines is 2. The van der Waals surface area contributed by atoms with Gasteiger partial charge in [0, 0.05) is 0 Å². The molecule has 2 rings (SSSR count). The summed E-state index contributed by atoms with van der Waals surface area (Å²) >= 11 is 5.74. The van der Waals surface area contributed by atoms with Gasteiger partial charge in [0.15, 0.2) is 22.5 Å². The molecule has 17 heavy (non-hydrogen) atoms. The highest BCUT2D eigenvalue weighted by molar-refractivity contribution is 6.31. The molecular formula is C9H12ClN6O+. The molecule has 0 aliphatic carbocycles. The molecule has 8 heteroatoms. The van der Waals surface area contributed by atoms with E-state index in [1.165, 1.54) is 4.57 Å². The monoisotopic (exact) mass is 255 g/mol. The van der Waals surface area contributed by atoms with Crippen molar-refractivity contribution >= 4 is 23.2 Å². The summed E-state index contributed by atoms with van der Waals surface area (Å²) in [5.74, 6) is 0.0916. The lowest BCUT2D eigenvalue weighted by Gasteiger charge is -2.09. The fourth-order valence-corrected chi connectivity index (χ4v) is 1.53. The van der Waals surface area contributed by atoms with Gasteiger partial charge in [0.1, 0.15) is 12.4 Å². The first-order chi connectivity index (χ1) is 7.99. The van der Waals surface area contributed by atoms with Gasteiger partial charge in [0.05, 0.1) is 7.05 Å². The van der Waals surface area contributed by atoms with Crippen LogP contribution in [0.5, 0.6) is 0 Å². The van der Waals surface area contributed by atoms with Crippen molar-refractivity contribution in [1.82, 2.24) is 14.5 Å². The molecule has 0 spiro atoms. The molecule has 90 valence electrons. The summed E-state index contributed by atoms with van der Waals surface area (Å²) in [6, 6.07) is 0. The van der Waals surface area contributed by atoms with E-state index in [0.717, 1.165) is 0 Å². The predicted octanol–water partition coefficient (Wildman–Crippen LogP) is -0.540. The van der Waals surface area contributed by atoms with Gasteiger partial charge in [-0.2, -0.15) is 0 Å². The summed E-state index contributed by atoms with van der Waals surface area (Å²) in [6.07, 6.45) is 4.07. The van der Waals surface area contributed by atoms with Crippen molar-refractivity contribution < 1.29 is 9.67 Å². The van der Waals surface area contributed by atoms with E-state index in [1.54, 1.807) is 23.3 Å². The average molecular weight is 256 g/mol. The zero-order valence-electron chi connectivity index (χ0n) is 9.08. The van der Waals surface area contributed by atoms with E-state index < -0.39 is 6.23 Å². The van der Waals surface area contributed by atoms with E-state index in [9.17, 15) is 5.11 Å². The highest BCUT2D eigenvalue weighted by Crippen LogP contribution is 2.23. The van der Waals surface area contributed by atoms with Crippen LogP contribution >= 0.6 is 11.6 Å². The molecule has 2 aromatic heterocycles. The Morgan fingerprint density at radius 2 is 2.12 bits per heavy atom. The number of hydrogen-bond acceptors (Lipinski definition) is 5. The fraction of sp³-hybridized carbons (Fsp3) is 0.222. The van der Waals surface area contributed by atoms with E-state index >= 15 is 0 Å². The topological polar surface area (TPSA) is 107 Å². The SMILES string of the molecule is C[n+]1ccn(C(O)c2nc(Cl)c(N)nc2N)c1. The quantitative estimate of drug-likeness (QED) is 0.625. The predicted molar refractivity (Wildman–Crippen MR) is 61.8 cm³/mol. The minimum atomic E-state index is -1.05. The largest absolute Gasteiger partial charge is 0.382 e. The Morgan fingerprint density at radius 1 is 1.41 bits per heavy atom. The van der Waals surface area contributed by atoms with E-state index in [-0.39, 0.29) is 22.5 Å². The Morgan fingerprint density at radius 3 is 2.71 bits per heavy atom. The summed E-state index contributed by atoms with van der Waals surface area (Å²) in [5, 5.41) is 10.1. The highest BCUT2D eigenvalue weighted by Gasteiger charge is 2.22. The molecule has 0 amide bonds. The molecule has 0 radical (unpaired) electrons. The standard InChI is InChI=1S/C9H12ClN6O/c1-15-2-3-16(4-15)9(17)5-7(11)14-8(12)6(10)13-5/h2-4,9,17H,1H3,(H4,11,12,14)/q+1. The number of nitrogen functional groups attached to an aromatic ring is 2. The number of hydrogen-bond donors (Lipinski definition) is 3. The lowest BCUT2D eigenvalue weighted by molar-refractivity contribution is -0.671. The first-order valence-electron chi connectivity index (χ1n) is 4.78. The van der Waals surface area contributed by atoms with Gasteiger partial charge in [-0.25, -0.2) is 19.1 Å². The molecule has 0 saturated heterocycles. The van der Waals surface area contributed by atoms with E-state index in [1.807, 2.05) is 7.05 Å². The van der Waals surface area contributed by atoms with Crippen LogP contribution in [0.15, 0.2) is 18.7 Å². The molecule has 0 aliphatic rings. The number of aliphatic hydroxyl groups is 1. The molecule has 0 aliphatic heterocycles. The summed E-state index contributed by atoms with van der Waals surface area (Å²) in [5.41, 5.74) is 11.3. The van der Waals surface area contributed by atoms with Gasteiger partial charge < -0.3 is 16.6 Å². The Hall–Kier alpha value is -1.86. The van der Waals surface area contributed by atoms with Crippen molar-refractivity contribution in [2.75, 3.05) is 11.5 Å². The van der Waals surface area contributed by atoms with Crippen LogP contribution in [0, 0.1) is 0 Å². The van der Waals surface area contributed by atoms with Crippen LogP contribution in [-0.4, -0.2) is 19.6 Å². The number of aliphatic hydroxyl groups excluding tert-OH is 1. The summed E-state index contributed by atoms with van der Waals surface area (Å²) in [7, 11) is 1.83. The summed E-state index contributed by atoms with van der Waals surface area (Å²) < 4.78 is 3.29. The van der Waals surface area contributed by atoms with E-state index in [4.69, 9.17) is 23.1 Å². The second-order valence-electron chi connectivity index (χ2n) is 3.57. The second kappa shape index (κ2) is 4.19. The third kappa shape index (κ3) is 2.15. The van der Waals surface area contributed by atoms with Crippen molar-refractivity contribution in [3.05, 3.63) is 29.6 Å². The van der Waals surface area contributed by atoms with Crippen LogP contribution in [0.4, 0.5) is 11.6 Å². The number of imidazole rings is 1. The summed E-state index contributed by atoms with van der Waals surface area (Å²) in [6.45, 7) is 0. The van der Waals surface area contributed by atoms with Crippen molar-refractivity contribution in [3.8, 4) is 0 Å². The van der Waals surface area contributed by atoms with Gasteiger partial charge in [0.2, 0.25) is 12.6 Å². The first kappa shape index (κ1) is 11.6. The van der Waals surface area contributed by atoms with Crippen molar-refractivity contribution in [1.29, 1.82) is 0 Å². The van der Waals surface area contributed by atoms with Crippen LogP contribution in [0.1, 0.15) is 11.9 Å². The first-order valence-corrected chi connectivity index (χ1v) is 5.16. The van der Waals surface area contributed by atoms with Gasteiger partial charge in [-0.05, 0) is 0 Å². The van der Waals surface area contributed by atoms with Crippen LogP contribution < -0.4 is 16.0 Å². The van der Waals surface area contributed by atoms with E-state index in [0.29, 0.717) is 0 Å². The van der Waals surface area contributed by atoms with Crippen LogP contribution in [-0.2, 0) is 7.05 Å². The zero-order chi connectivity index (χ0) is 12.6. The number of aromatic nitrogens is 4. The number of aryl methyl sites for hydroxylation is 1. The Balaban J connectivity index is 2.43. The van der Waals surface area contributed by atoms with Crippen LogP contribution in [0.25, 0.3) is 0 Å². The third-order valence-electron chi connectivity index (χ3n) is 2.25. The molecule has 1 unspecified atom stereocenters. The minimum absolute atomic E-state index is 0.0183. The zero-order valence-corrected chi connectivity index (χ0v) is 9.83. The lowest BCUT2D eigenvalue weighted by atomic mass is 10.3. The van der Waals surface area contributed by atoms with Gasteiger partial charge in [-0.15, -0.1) is 0 Å². The number of rotatable bonds is 2. The lowest BCUT2D eigenvalue weighted by Crippen LogP contribution is -2.25. The molecule has 2 heterocycles.